The van der Waals surface area contributed by atoms with Crippen molar-refractivity contribution in [3.63, 3.8) is 0 Å². The maximum Gasteiger partial charge on any atom is 0.303 e. The number of nitrogens with zero attached hydrogens (tertiary/aromatic N) is 1. The van der Waals surface area contributed by atoms with Gasteiger partial charge in [0.2, 0.25) is 0 Å². The van der Waals surface area contributed by atoms with E-state index in [1.807, 2.05) is 11.6 Å². The van der Waals surface area contributed by atoms with Crippen molar-refractivity contribution in [3.8, 4) is 0 Å². The second-order valence-electron chi connectivity index (χ2n) is 3.62. The zero-order chi connectivity index (χ0) is 12.9. The molecular formula is C11H16N2O3S. The summed E-state index contributed by atoms with van der Waals surface area (Å²) in [6.07, 6.45) is 0.691. The molecule has 1 rings (SSSR count). The van der Waals surface area contributed by atoms with Crippen molar-refractivity contribution in [2.24, 2.45) is 0 Å². The quantitative estimate of drug-likeness (QED) is 0.854. The molecule has 1 amide bonds. The summed E-state index contributed by atoms with van der Waals surface area (Å²) in [4.78, 5) is 11.7. The van der Waals surface area contributed by atoms with Crippen molar-refractivity contribution in [2.75, 3.05) is 13.6 Å². The molecule has 0 saturated carbocycles. The minimum absolute atomic E-state index is 0.320. The molecule has 5 nitrogen and oxygen atoms in total. The van der Waals surface area contributed by atoms with E-state index in [0.29, 0.717) is 18.5 Å². The Morgan fingerprint density at radius 3 is 2.41 bits per heavy atom. The van der Waals surface area contributed by atoms with E-state index in [2.05, 4.69) is 0 Å². The van der Waals surface area contributed by atoms with Crippen LogP contribution in [0, 0.1) is 0 Å². The van der Waals surface area contributed by atoms with Gasteiger partial charge in [0.1, 0.15) is 0 Å². The molecule has 0 aliphatic rings. The van der Waals surface area contributed by atoms with Crippen LogP contribution >= 0.6 is 0 Å². The Kier molecular flexibility index (Phi) is 4.65. The summed E-state index contributed by atoms with van der Waals surface area (Å²) in [5.41, 5.74) is 0.320. The second kappa shape index (κ2) is 5.79. The number of rotatable bonds is 5. The third-order valence-corrected chi connectivity index (χ3v) is 3.65. The van der Waals surface area contributed by atoms with Gasteiger partial charge in [-0.2, -0.15) is 12.7 Å². The summed E-state index contributed by atoms with van der Waals surface area (Å²) in [6, 6.07) is 8.23. The Morgan fingerprint density at radius 1 is 1.29 bits per heavy atom. The Balaban J connectivity index is 2.75. The van der Waals surface area contributed by atoms with Gasteiger partial charge < -0.3 is 0 Å². The molecule has 0 fully saturated rings. The van der Waals surface area contributed by atoms with Crippen molar-refractivity contribution in [1.82, 2.24) is 9.03 Å². The van der Waals surface area contributed by atoms with E-state index in [4.69, 9.17) is 0 Å². The lowest BCUT2D eigenvalue weighted by atomic mass is 10.2. The summed E-state index contributed by atoms with van der Waals surface area (Å²) in [6.45, 7) is 2.24. The third-order valence-electron chi connectivity index (χ3n) is 2.21. The smallest absolute Gasteiger partial charge is 0.268 e. The van der Waals surface area contributed by atoms with Crippen molar-refractivity contribution < 1.29 is 13.2 Å². The summed E-state index contributed by atoms with van der Waals surface area (Å²) in [5, 5.41) is 0. The van der Waals surface area contributed by atoms with Crippen molar-refractivity contribution in [1.29, 1.82) is 0 Å². The number of nitrogens with one attached hydrogen (secondary N) is 1. The number of amides is 1. The van der Waals surface area contributed by atoms with Crippen LogP contribution in [0.4, 0.5) is 0 Å². The van der Waals surface area contributed by atoms with Crippen molar-refractivity contribution >= 4 is 16.1 Å². The molecule has 0 atom stereocenters. The SMILES string of the molecule is CCCN(C)S(=O)(=O)NC(=O)c1ccccc1. The molecule has 17 heavy (non-hydrogen) atoms. The Hall–Kier alpha value is -1.40. The first-order chi connectivity index (χ1) is 7.97. The highest BCUT2D eigenvalue weighted by Crippen LogP contribution is 2.01. The molecule has 0 unspecified atom stereocenters. The Labute approximate surface area is 102 Å². The number of benzene rings is 1. The molecule has 1 aromatic carbocycles. The summed E-state index contributed by atoms with van der Waals surface area (Å²) >= 11 is 0. The van der Waals surface area contributed by atoms with Gasteiger partial charge in [-0.1, -0.05) is 25.1 Å². The molecular weight excluding hydrogens is 240 g/mol. The van der Waals surface area contributed by atoms with Crippen LogP contribution in [-0.4, -0.2) is 32.2 Å². The average molecular weight is 256 g/mol. The molecule has 0 bridgehead atoms. The minimum atomic E-state index is -3.74. The molecule has 0 aliphatic heterocycles. The highest BCUT2D eigenvalue weighted by molar-refractivity contribution is 7.87. The molecule has 0 heterocycles. The van der Waals surface area contributed by atoms with Crippen LogP contribution < -0.4 is 4.72 Å². The number of carbonyl (C=O) groups excluding carboxylic acids is 1. The van der Waals surface area contributed by atoms with E-state index in [0.717, 1.165) is 4.31 Å². The van der Waals surface area contributed by atoms with Gasteiger partial charge >= 0.3 is 10.2 Å². The topological polar surface area (TPSA) is 66.5 Å². The fourth-order valence-corrected chi connectivity index (χ4v) is 2.21. The van der Waals surface area contributed by atoms with Crippen LogP contribution in [0.15, 0.2) is 30.3 Å². The lowest BCUT2D eigenvalue weighted by Crippen LogP contribution is -2.41. The molecule has 0 radical (unpaired) electrons. The first kappa shape index (κ1) is 13.7. The molecule has 94 valence electrons. The summed E-state index contributed by atoms with van der Waals surface area (Å²) in [7, 11) is -2.30. The standard InChI is InChI=1S/C11H16N2O3S/c1-3-9-13(2)17(15,16)12-11(14)10-7-5-4-6-8-10/h4-8H,3,9H2,1-2H3,(H,12,14). The second-order valence-corrected chi connectivity index (χ2v) is 5.40. The van der Waals surface area contributed by atoms with Crippen LogP contribution in [0.2, 0.25) is 0 Å². The fourth-order valence-electron chi connectivity index (χ4n) is 1.28. The average Bonchev–Trinajstić information content (AvgIpc) is 2.30. The Bertz CT molecular complexity index is 471. The van der Waals surface area contributed by atoms with Crippen molar-refractivity contribution in [3.05, 3.63) is 35.9 Å². The lowest BCUT2D eigenvalue weighted by molar-refractivity contribution is 0.0979. The van der Waals surface area contributed by atoms with Gasteiger partial charge in [-0.3, -0.25) is 4.79 Å². The molecule has 1 N–H and O–H groups in total. The van der Waals surface area contributed by atoms with E-state index < -0.39 is 16.1 Å². The van der Waals surface area contributed by atoms with Crippen LogP contribution in [0.3, 0.4) is 0 Å². The first-order valence-electron chi connectivity index (χ1n) is 5.31. The number of hydrogen-bond donors (Lipinski definition) is 1. The lowest BCUT2D eigenvalue weighted by Gasteiger charge is -2.16. The van der Waals surface area contributed by atoms with Crippen molar-refractivity contribution in [2.45, 2.75) is 13.3 Å². The summed E-state index contributed by atoms with van der Waals surface area (Å²) < 4.78 is 26.5. The maximum atomic E-state index is 11.7. The van der Waals surface area contributed by atoms with Gasteiger partial charge in [0, 0.05) is 19.2 Å². The van der Waals surface area contributed by atoms with Gasteiger partial charge in [0.05, 0.1) is 0 Å². The minimum Gasteiger partial charge on any atom is -0.268 e. The predicted octanol–water partition coefficient (Wildman–Crippen LogP) is 1.00. The molecule has 0 aliphatic carbocycles. The number of hydrogen-bond acceptors (Lipinski definition) is 3. The molecule has 6 heteroatoms. The molecule has 1 aromatic rings. The molecule has 0 saturated heterocycles. The van der Waals surface area contributed by atoms with Gasteiger partial charge in [-0.25, -0.2) is 4.72 Å². The molecule has 0 aromatic heterocycles. The van der Waals surface area contributed by atoms with Crippen LogP contribution in [0.5, 0.6) is 0 Å². The first-order valence-corrected chi connectivity index (χ1v) is 6.75. The van der Waals surface area contributed by atoms with Gasteiger partial charge in [-0.05, 0) is 18.6 Å². The van der Waals surface area contributed by atoms with E-state index in [1.165, 1.54) is 7.05 Å². The van der Waals surface area contributed by atoms with Crippen LogP contribution in [-0.2, 0) is 10.2 Å². The van der Waals surface area contributed by atoms with E-state index >= 15 is 0 Å². The van der Waals surface area contributed by atoms with Crippen LogP contribution in [0.25, 0.3) is 0 Å². The zero-order valence-electron chi connectivity index (χ0n) is 9.88. The van der Waals surface area contributed by atoms with Gasteiger partial charge in [0.25, 0.3) is 5.91 Å². The van der Waals surface area contributed by atoms with Gasteiger partial charge in [-0.15, -0.1) is 0 Å². The van der Waals surface area contributed by atoms with E-state index in [9.17, 15) is 13.2 Å². The predicted molar refractivity (Wildman–Crippen MR) is 65.7 cm³/mol. The summed E-state index contributed by atoms with van der Waals surface area (Å²) in [5.74, 6) is -0.617. The maximum absolute atomic E-state index is 11.7. The fraction of sp³-hybridized carbons (Fsp3) is 0.364. The van der Waals surface area contributed by atoms with E-state index in [1.54, 1.807) is 30.3 Å². The Morgan fingerprint density at radius 2 is 1.88 bits per heavy atom. The molecule has 0 spiro atoms. The number of carbonyl (C=O) groups is 1. The van der Waals surface area contributed by atoms with Gasteiger partial charge in [0.15, 0.2) is 0 Å². The third kappa shape index (κ3) is 3.83. The normalized spacial score (nSPS) is 11.5. The largest absolute Gasteiger partial charge is 0.303 e. The zero-order valence-corrected chi connectivity index (χ0v) is 10.7. The van der Waals surface area contributed by atoms with E-state index in [-0.39, 0.29) is 0 Å². The highest BCUT2D eigenvalue weighted by Gasteiger charge is 2.20. The monoisotopic (exact) mass is 256 g/mol. The highest BCUT2D eigenvalue weighted by atomic mass is 32.2. The van der Waals surface area contributed by atoms with Crippen LogP contribution in [0.1, 0.15) is 23.7 Å².